The molecule has 1 rings (SSSR count). The van der Waals surface area contributed by atoms with E-state index in [1.165, 1.54) is 11.3 Å². The van der Waals surface area contributed by atoms with E-state index in [2.05, 4.69) is 55.2 Å². The summed E-state index contributed by atoms with van der Waals surface area (Å²) in [5.74, 6) is 0. The van der Waals surface area contributed by atoms with Gasteiger partial charge in [0.15, 0.2) is 0 Å². The SMILES string of the molecule is CC/C=C(\C=C/COC)N(CC)CC1=CCC(OC)C=C1. The molecule has 118 valence electrons. The lowest BCUT2D eigenvalue weighted by Crippen LogP contribution is -2.25. The van der Waals surface area contributed by atoms with Gasteiger partial charge in [-0.25, -0.2) is 0 Å². The molecule has 0 aliphatic heterocycles. The summed E-state index contributed by atoms with van der Waals surface area (Å²) < 4.78 is 10.4. The zero-order valence-corrected chi connectivity index (χ0v) is 13.8. The van der Waals surface area contributed by atoms with Crippen molar-refractivity contribution in [3.63, 3.8) is 0 Å². The van der Waals surface area contributed by atoms with Crippen LogP contribution < -0.4 is 0 Å². The number of allylic oxidation sites excluding steroid dienone is 2. The van der Waals surface area contributed by atoms with Crippen molar-refractivity contribution in [2.75, 3.05) is 33.9 Å². The molecule has 0 aromatic rings. The Labute approximate surface area is 129 Å². The van der Waals surface area contributed by atoms with Crippen LogP contribution in [0, 0.1) is 0 Å². The van der Waals surface area contributed by atoms with Crippen molar-refractivity contribution in [2.24, 2.45) is 0 Å². The van der Waals surface area contributed by atoms with E-state index in [0.29, 0.717) is 6.61 Å². The van der Waals surface area contributed by atoms with E-state index in [1.54, 1.807) is 14.2 Å². The molecule has 0 saturated heterocycles. The number of methoxy groups -OCH3 is 2. The van der Waals surface area contributed by atoms with Crippen molar-refractivity contribution in [1.82, 2.24) is 4.90 Å². The highest BCUT2D eigenvalue weighted by Gasteiger charge is 2.11. The first-order valence-corrected chi connectivity index (χ1v) is 7.75. The maximum absolute atomic E-state index is 5.34. The summed E-state index contributed by atoms with van der Waals surface area (Å²) in [6, 6.07) is 0. The van der Waals surface area contributed by atoms with Gasteiger partial charge in [-0.1, -0.05) is 37.3 Å². The van der Waals surface area contributed by atoms with Gasteiger partial charge in [0.2, 0.25) is 0 Å². The molecule has 1 aliphatic carbocycles. The van der Waals surface area contributed by atoms with Gasteiger partial charge < -0.3 is 14.4 Å². The van der Waals surface area contributed by atoms with Crippen molar-refractivity contribution in [3.05, 3.63) is 47.7 Å². The van der Waals surface area contributed by atoms with Crippen LogP contribution in [0.25, 0.3) is 0 Å². The lowest BCUT2D eigenvalue weighted by atomic mass is 10.0. The second-order valence-corrected chi connectivity index (χ2v) is 5.06. The highest BCUT2D eigenvalue weighted by molar-refractivity contribution is 5.28. The number of ether oxygens (including phenoxy) is 2. The zero-order chi connectivity index (χ0) is 15.5. The third-order valence-corrected chi connectivity index (χ3v) is 3.53. The van der Waals surface area contributed by atoms with E-state index >= 15 is 0 Å². The standard InChI is InChI=1S/C18H29NO2/c1-5-8-17(9-7-14-20-3)19(6-2)15-16-10-12-18(21-4)13-11-16/h7-12,18H,5-6,13-15H2,1-4H3/b9-7-,17-8+. The highest BCUT2D eigenvalue weighted by atomic mass is 16.5. The second-order valence-electron chi connectivity index (χ2n) is 5.06. The Morgan fingerprint density at radius 1 is 1.38 bits per heavy atom. The minimum atomic E-state index is 0.232. The van der Waals surface area contributed by atoms with Crippen LogP contribution in [0.5, 0.6) is 0 Å². The normalized spacial score (nSPS) is 19.1. The van der Waals surface area contributed by atoms with E-state index in [-0.39, 0.29) is 6.10 Å². The minimum absolute atomic E-state index is 0.232. The average molecular weight is 291 g/mol. The number of rotatable bonds is 9. The van der Waals surface area contributed by atoms with Gasteiger partial charge in [0.05, 0.1) is 12.7 Å². The quantitative estimate of drug-likeness (QED) is 0.605. The molecule has 1 atom stereocenters. The lowest BCUT2D eigenvalue weighted by Gasteiger charge is -2.26. The molecule has 0 bridgehead atoms. The summed E-state index contributed by atoms with van der Waals surface area (Å²) in [6.45, 7) is 6.94. The molecule has 0 amide bonds. The van der Waals surface area contributed by atoms with Gasteiger partial charge in [-0.2, -0.15) is 0 Å². The summed E-state index contributed by atoms with van der Waals surface area (Å²) in [4.78, 5) is 2.39. The molecule has 0 radical (unpaired) electrons. The van der Waals surface area contributed by atoms with Gasteiger partial charge in [0.1, 0.15) is 0 Å². The summed E-state index contributed by atoms with van der Waals surface area (Å²) in [5, 5.41) is 0. The smallest absolute Gasteiger partial charge is 0.0789 e. The fourth-order valence-electron chi connectivity index (χ4n) is 2.32. The van der Waals surface area contributed by atoms with Crippen molar-refractivity contribution in [3.8, 4) is 0 Å². The van der Waals surface area contributed by atoms with E-state index in [9.17, 15) is 0 Å². The third kappa shape index (κ3) is 6.32. The molecular formula is C18H29NO2. The molecule has 0 aromatic heterocycles. The number of nitrogens with zero attached hydrogens (tertiary/aromatic N) is 1. The number of hydrogen-bond donors (Lipinski definition) is 0. The van der Waals surface area contributed by atoms with Crippen LogP contribution in [0.4, 0.5) is 0 Å². The second kappa shape index (κ2) is 10.4. The van der Waals surface area contributed by atoms with Crippen LogP contribution in [-0.2, 0) is 9.47 Å². The van der Waals surface area contributed by atoms with Gasteiger partial charge in [-0.3, -0.25) is 0 Å². The Hall–Kier alpha value is -1.32. The maximum Gasteiger partial charge on any atom is 0.0789 e. The molecule has 0 saturated carbocycles. The zero-order valence-electron chi connectivity index (χ0n) is 13.8. The summed E-state index contributed by atoms with van der Waals surface area (Å²) >= 11 is 0. The molecule has 0 aromatic carbocycles. The third-order valence-electron chi connectivity index (χ3n) is 3.53. The monoisotopic (exact) mass is 291 g/mol. The summed E-state index contributed by atoms with van der Waals surface area (Å²) in [7, 11) is 3.48. The van der Waals surface area contributed by atoms with E-state index < -0.39 is 0 Å². The van der Waals surface area contributed by atoms with Gasteiger partial charge in [0.25, 0.3) is 0 Å². The maximum atomic E-state index is 5.34. The van der Waals surface area contributed by atoms with Crippen LogP contribution in [0.2, 0.25) is 0 Å². The Morgan fingerprint density at radius 2 is 2.19 bits per heavy atom. The molecule has 1 unspecified atom stereocenters. The topological polar surface area (TPSA) is 21.7 Å². The van der Waals surface area contributed by atoms with Crippen LogP contribution in [0.1, 0.15) is 26.7 Å². The summed E-state index contributed by atoms with van der Waals surface area (Å²) in [6.07, 6.45) is 15.3. The molecule has 0 N–H and O–H groups in total. The Bertz CT molecular complexity index is 407. The first-order valence-electron chi connectivity index (χ1n) is 7.75. The van der Waals surface area contributed by atoms with Gasteiger partial charge in [-0.05, 0) is 31.4 Å². The fraction of sp³-hybridized carbons (Fsp3) is 0.556. The molecule has 3 heteroatoms. The summed E-state index contributed by atoms with van der Waals surface area (Å²) in [5.41, 5.74) is 2.62. The Kier molecular flexibility index (Phi) is 8.79. The average Bonchev–Trinajstić information content (AvgIpc) is 2.52. The van der Waals surface area contributed by atoms with Gasteiger partial charge >= 0.3 is 0 Å². The van der Waals surface area contributed by atoms with E-state index in [1.807, 2.05) is 0 Å². The predicted octanol–water partition coefficient (Wildman–Crippen LogP) is 3.71. The first kappa shape index (κ1) is 17.7. The van der Waals surface area contributed by atoms with Crippen LogP contribution >= 0.6 is 0 Å². The van der Waals surface area contributed by atoms with Crippen molar-refractivity contribution in [2.45, 2.75) is 32.8 Å². The first-order chi connectivity index (χ1) is 10.2. The van der Waals surface area contributed by atoms with Crippen LogP contribution in [-0.4, -0.2) is 44.9 Å². The van der Waals surface area contributed by atoms with E-state index in [0.717, 1.165) is 25.9 Å². The molecule has 21 heavy (non-hydrogen) atoms. The van der Waals surface area contributed by atoms with E-state index in [4.69, 9.17) is 9.47 Å². The van der Waals surface area contributed by atoms with Crippen molar-refractivity contribution < 1.29 is 9.47 Å². The molecule has 0 spiro atoms. The van der Waals surface area contributed by atoms with Gasteiger partial charge in [-0.15, -0.1) is 0 Å². The molecule has 3 nitrogen and oxygen atoms in total. The predicted molar refractivity (Wildman–Crippen MR) is 89.3 cm³/mol. The molecule has 1 aliphatic rings. The van der Waals surface area contributed by atoms with Crippen molar-refractivity contribution in [1.29, 1.82) is 0 Å². The minimum Gasteiger partial charge on any atom is -0.381 e. The number of likely N-dealkylation sites (N-methyl/N-ethyl adjacent to an activating group) is 1. The molecular weight excluding hydrogens is 262 g/mol. The molecule has 0 fully saturated rings. The number of hydrogen-bond acceptors (Lipinski definition) is 3. The Balaban J connectivity index is 2.69. The van der Waals surface area contributed by atoms with Gasteiger partial charge in [0, 0.05) is 33.0 Å². The largest absolute Gasteiger partial charge is 0.381 e. The fourth-order valence-corrected chi connectivity index (χ4v) is 2.32. The van der Waals surface area contributed by atoms with Crippen molar-refractivity contribution >= 4 is 0 Å². The molecule has 0 heterocycles. The van der Waals surface area contributed by atoms with Crippen LogP contribution in [0.15, 0.2) is 47.7 Å². The Morgan fingerprint density at radius 3 is 2.71 bits per heavy atom. The lowest BCUT2D eigenvalue weighted by molar-refractivity contribution is 0.142. The highest BCUT2D eigenvalue weighted by Crippen LogP contribution is 2.17. The van der Waals surface area contributed by atoms with Crippen LogP contribution in [0.3, 0.4) is 0 Å².